The van der Waals surface area contributed by atoms with E-state index in [-0.39, 0.29) is 23.2 Å². The maximum Gasteiger partial charge on any atom is 0.407 e. The standard InChI is InChI=1S/C25H36N2O3Si/c1-25(2,3)31(4,5)30-23(19-9-7-6-8-10-19)22-16-15-21(27(22)24(28)29)17-18-11-13-20(26)14-12-18/h6-14,21-23H,15-17,26H2,1-5H3,(H,28,29)/t21-,22-,23?/m1/s1. The first-order chi connectivity index (χ1) is 14.5. The highest BCUT2D eigenvalue weighted by atomic mass is 28.4. The smallest absolute Gasteiger partial charge is 0.407 e. The molecule has 1 fully saturated rings. The van der Waals surface area contributed by atoms with Crippen LogP contribution in [-0.2, 0) is 10.8 Å². The summed E-state index contributed by atoms with van der Waals surface area (Å²) in [6.07, 6.45) is 1.16. The predicted molar refractivity (Wildman–Crippen MR) is 129 cm³/mol. The second-order valence-corrected chi connectivity index (χ2v) is 14.9. The van der Waals surface area contributed by atoms with E-state index in [1.165, 1.54) is 0 Å². The van der Waals surface area contributed by atoms with Gasteiger partial charge < -0.3 is 15.3 Å². The molecule has 0 spiro atoms. The molecule has 5 nitrogen and oxygen atoms in total. The topological polar surface area (TPSA) is 75.8 Å². The van der Waals surface area contributed by atoms with Gasteiger partial charge in [-0.05, 0) is 60.7 Å². The third-order valence-electron chi connectivity index (χ3n) is 6.92. The molecule has 3 N–H and O–H groups in total. The number of amides is 1. The number of hydrogen-bond donors (Lipinski definition) is 2. The van der Waals surface area contributed by atoms with Gasteiger partial charge in [0, 0.05) is 11.7 Å². The van der Waals surface area contributed by atoms with Crippen LogP contribution >= 0.6 is 0 Å². The summed E-state index contributed by atoms with van der Waals surface area (Å²) in [5, 5.41) is 10.2. The number of rotatable bonds is 6. The zero-order chi connectivity index (χ0) is 22.8. The van der Waals surface area contributed by atoms with Crippen LogP contribution in [0.4, 0.5) is 10.5 Å². The summed E-state index contributed by atoms with van der Waals surface area (Å²) in [4.78, 5) is 14.1. The fraction of sp³-hybridized carbons (Fsp3) is 0.480. The van der Waals surface area contributed by atoms with Crippen LogP contribution in [0.3, 0.4) is 0 Å². The minimum absolute atomic E-state index is 0.0378. The summed E-state index contributed by atoms with van der Waals surface area (Å²) in [7, 11) is -2.12. The Balaban J connectivity index is 1.92. The van der Waals surface area contributed by atoms with Crippen molar-refractivity contribution in [3.63, 3.8) is 0 Å². The number of nitrogen functional groups attached to an aromatic ring is 1. The van der Waals surface area contributed by atoms with E-state index in [1.807, 2.05) is 42.5 Å². The molecule has 0 bridgehead atoms. The Hall–Kier alpha value is -2.31. The van der Waals surface area contributed by atoms with Crippen molar-refractivity contribution < 1.29 is 14.3 Å². The lowest BCUT2D eigenvalue weighted by atomic mass is 10.0. The van der Waals surface area contributed by atoms with Gasteiger partial charge in [0.15, 0.2) is 8.32 Å². The van der Waals surface area contributed by atoms with Crippen molar-refractivity contribution in [1.29, 1.82) is 0 Å². The molecule has 31 heavy (non-hydrogen) atoms. The van der Waals surface area contributed by atoms with Crippen LogP contribution < -0.4 is 5.73 Å². The lowest BCUT2D eigenvalue weighted by molar-refractivity contribution is 0.0598. The molecule has 0 saturated carbocycles. The normalized spacial score (nSPS) is 20.6. The lowest BCUT2D eigenvalue weighted by Crippen LogP contribution is -2.49. The summed E-state index contributed by atoms with van der Waals surface area (Å²) in [6.45, 7) is 11.1. The summed E-state index contributed by atoms with van der Waals surface area (Å²) in [6, 6.07) is 17.6. The molecule has 1 unspecified atom stereocenters. The van der Waals surface area contributed by atoms with Crippen LogP contribution in [-0.4, -0.2) is 36.5 Å². The number of nitrogens with two attached hydrogens (primary N) is 1. The second-order valence-electron chi connectivity index (χ2n) is 10.1. The third kappa shape index (κ3) is 5.30. The maximum atomic E-state index is 12.4. The first kappa shape index (κ1) is 23.4. The Labute approximate surface area is 187 Å². The quantitative estimate of drug-likeness (QED) is 0.421. The SMILES string of the molecule is CC(C)(C)[Si](C)(C)OC(c1ccccc1)[C@H]1CC[C@H](Cc2ccc(N)cc2)N1C(=O)O. The van der Waals surface area contributed by atoms with E-state index < -0.39 is 14.4 Å². The minimum atomic E-state index is -2.12. The molecule has 1 aliphatic heterocycles. The molecule has 2 aromatic carbocycles. The molecular weight excluding hydrogens is 404 g/mol. The third-order valence-corrected chi connectivity index (χ3v) is 11.4. The Kier molecular flexibility index (Phi) is 6.81. The molecule has 3 rings (SSSR count). The fourth-order valence-corrected chi connectivity index (χ4v) is 5.42. The van der Waals surface area contributed by atoms with Gasteiger partial charge in [0.25, 0.3) is 0 Å². The van der Waals surface area contributed by atoms with Gasteiger partial charge in [-0.25, -0.2) is 4.79 Å². The van der Waals surface area contributed by atoms with E-state index in [2.05, 4.69) is 46.0 Å². The Morgan fingerprint density at radius 3 is 2.29 bits per heavy atom. The molecular formula is C25H36N2O3Si. The van der Waals surface area contributed by atoms with Crippen LogP contribution in [0.1, 0.15) is 50.8 Å². The maximum absolute atomic E-state index is 12.4. The summed E-state index contributed by atoms with van der Waals surface area (Å²) < 4.78 is 6.88. The number of benzene rings is 2. The molecule has 0 aromatic heterocycles. The largest absolute Gasteiger partial charge is 0.465 e. The molecule has 1 aliphatic rings. The molecule has 3 atom stereocenters. The van der Waals surface area contributed by atoms with Gasteiger partial charge in [-0.3, -0.25) is 4.90 Å². The van der Waals surface area contributed by atoms with Crippen molar-refractivity contribution in [1.82, 2.24) is 4.90 Å². The minimum Gasteiger partial charge on any atom is -0.465 e. The average molecular weight is 441 g/mol. The van der Waals surface area contributed by atoms with Gasteiger partial charge in [-0.1, -0.05) is 63.2 Å². The van der Waals surface area contributed by atoms with Gasteiger partial charge in [0.2, 0.25) is 0 Å². The second kappa shape index (κ2) is 9.05. The molecule has 2 aromatic rings. The van der Waals surface area contributed by atoms with Crippen molar-refractivity contribution in [3.05, 3.63) is 65.7 Å². The zero-order valence-corrected chi connectivity index (χ0v) is 20.3. The molecule has 0 aliphatic carbocycles. The first-order valence-electron chi connectivity index (χ1n) is 11.1. The van der Waals surface area contributed by atoms with Crippen molar-refractivity contribution in [3.8, 4) is 0 Å². The summed E-state index contributed by atoms with van der Waals surface area (Å²) in [5.41, 5.74) is 8.69. The van der Waals surface area contributed by atoms with Gasteiger partial charge in [0.05, 0.1) is 12.1 Å². The molecule has 1 amide bonds. The molecule has 1 saturated heterocycles. The van der Waals surface area contributed by atoms with E-state index >= 15 is 0 Å². The fourth-order valence-electron chi connectivity index (χ4n) is 4.14. The average Bonchev–Trinajstić information content (AvgIpc) is 3.11. The monoisotopic (exact) mass is 440 g/mol. The van der Waals surface area contributed by atoms with Crippen LogP contribution in [0.2, 0.25) is 18.1 Å². The highest BCUT2D eigenvalue weighted by Gasteiger charge is 2.46. The highest BCUT2D eigenvalue weighted by Crippen LogP contribution is 2.44. The molecule has 1 heterocycles. The van der Waals surface area contributed by atoms with Crippen molar-refractivity contribution >= 4 is 20.1 Å². The van der Waals surface area contributed by atoms with Crippen molar-refractivity contribution in [2.45, 2.75) is 76.4 Å². The van der Waals surface area contributed by atoms with E-state index in [1.54, 1.807) is 4.90 Å². The van der Waals surface area contributed by atoms with Crippen molar-refractivity contribution in [2.75, 3.05) is 5.73 Å². The number of likely N-dealkylation sites (tertiary alicyclic amines) is 1. The predicted octanol–water partition coefficient (Wildman–Crippen LogP) is 6.09. The van der Waals surface area contributed by atoms with Crippen molar-refractivity contribution in [2.24, 2.45) is 0 Å². The van der Waals surface area contributed by atoms with Gasteiger partial charge >= 0.3 is 6.09 Å². The number of hydrogen-bond acceptors (Lipinski definition) is 3. The van der Waals surface area contributed by atoms with E-state index in [0.717, 1.165) is 29.7 Å². The molecule has 168 valence electrons. The Bertz CT molecular complexity index is 878. The first-order valence-corrected chi connectivity index (χ1v) is 14.0. The Morgan fingerprint density at radius 1 is 1.13 bits per heavy atom. The number of nitrogens with zero attached hydrogens (tertiary/aromatic N) is 1. The van der Waals surface area contributed by atoms with Crippen LogP contribution in [0.25, 0.3) is 0 Å². The van der Waals surface area contributed by atoms with E-state index in [0.29, 0.717) is 6.42 Å². The number of anilines is 1. The van der Waals surface area contributed by atoms with Gasteiger partial charge in [-0.15, -0.1) is 0 Å². The molecule has 0 radical (unpaired) electrons. The number of carboxylic acid groups (broad SMARTS) is 1. The van der Waals surface area contributed by atoms with E-state index in [9.17, 15) is 9.90 Å². The van der Waals surface area contributed by atoms with Gasteiger partial charge in [0.1, 0.15) is 0 Å². The van der Waals surface area contributed by atoms with Gasteiger partial charge in [-0.2, -0.15) is 0 Å². The zero-order valence-electron chi connectivity index (χ0n) is 19.3. The highest BCUT2D eigenvalue weighted by molar-refractivity contribution is 6.74. The summed E-state index contributed by atoms with van der Waals surface area (Å²) >= 11 is 0. The van der Waals surface area contributed by atoms with Crippen LogP contribution in [0, 0.1) is 0 Å². The van der Waals surface area contributed by atoms with Crippen LogP contribution in [0.5, 0.6) is 0 Å². The number of carbonyl (C=O) groups is 1. The lowest BCUT2D eigenvalue weighted by Gasteiger charge is -2.42. The summed E-state index contributed by atoms with van der Waals surface area (Å²) in [5.74, 6) is 0. The van der Waals surface area contributed by atoms with E-state index in [4.69, 9.17) is 10.2 Å². The Morgan fingerprint density at radius 2 is 1.74 bits per heavy atom. The van der Waals surface area contributed by atoms with Crippen LogP contribution in [0.15, 0.2) is 54.6 Å². The molecule has 6 heteroatoms.